The van der Waals surface area contributed by atoms with Crippen LogP contribution in [0.1, 0.15) is 28.7 Å². The van der Waals surface area contributed by atoms with E-state index >= 15 is 0 Å². The van der Waals surface area contributed by atoms with Crippen molar-refractivity contribution in [3.63, 3.8) is 0 Å². The Morgan fingerprint density at radius 2 is 2.00 bits per heavy atom. The number of carbonyl (C=O) groups is 1. The molecule has 0 saturated carbocycles. The van der Waals surface area contributed by atoms with E-state index in [0.717, 1.165) is 11.1 Å². The molecule has 0 radical (unpaired) electrons. The zero-order valence-corrected chi connectivity index (χ0v) is 13.9. The Morgan fingerprint density at radius 3 is 2.68 bits per heavy atom. The molecular formula is C17H17N5O3. The van der Waals surface area contributed by atoms with Gasteiger partial charge in [0.1, 0.15) is 18.1 Å². The first-order valence-corrected chi connectivity index (χ1v) is 7.79. The summed E-state index contributed by atoms with van der Waals surface area (Å²) in [5.74, 6) is 0.712. The molecule has 3 heterocycles. The maximum Gasteiger partial charge on any atom is 0.271 e. The second-order valence-electron chi connectivity index (χ2n) is 5.21. The van der Waals surface area contributed by atoms with Crippen LogP contribution in [0.25, 0.3) is 11.3 Å². The molecule has 0 unspecified atom stereocenters. The minimum absolute atomic E-state index is 0.224. The van der Waals surface area contributed by atoms with Crippen molar-refractivity contribution in [2.45, 2.75) is 20.5 Å². The fraction of sp³-hybridized carbons (Fsp3) is 0.235. The largest absolute Gasteiger partial charge is 0.472 e. The van der Waals surface area contributed by atoms with Crippen molar-refractivity contribution >= 4 is 5.91 Å². The molecule has 3 rings (SSSR count). The van der Waals surface area contributed by atoms with Crippen LogP contribution in [0.15, 0.2) is 41.2 Å². The number of carbonyl (C=O) groups excluding carboxylic acids is 1. The molecule has 128 valence electrons. The summed E-state index contributed by atoms with van der Waals surface area (Å²) < 4.78 is 10.9. The van der Waals surface area contributed by atoms with Gasteiger partial charge in [0.05, 0.1) is 5.56 Å². The van der Waals surface area contributed by atoms with Crippen LogP contribution in [0, 0.1) is 6.92 Å². The van der Waals surface area contributed by atoms with Crippen LogP contribution in [0.3, 0.4) is 0 Å². The molecule has 3 aromatic heterocycles. The van der Waals surface area contributed by atoms with Crippen molar-refractivity contribution in [1.82, 2.24) is 25.7 Å². The van der Waals surface area contributed by atoms with E-state index in [-0.39, 0.29) is 18.2 Å². The monoisotopic (exact) mass is 339 g/mol. The normalized spacial score (nSPS) is 10.5. The number of nitrogens with zero attached hydrogens (tertiary/aromatic N) is 4. The summed E-state index contributed by atoms with van der Waals surface area (Å²) in [7, 11) is 0. The van der Waals surface area contributed by atoms with Gasteiger partial charge in [-0.15, -0.1) is 10.2 Å². The quantitative estimate of drug-likeness (QED) is 0.734. The lowest BCUT2D eigenvalue weighted by atomic mass is 10.1. The molecule has 0 spiro atoms. The number of aryl methyl sites for hydroxylation is 1. The van der Waals surface area contributed by atoms with E-state index in [9.17, 15) is 4.79 Å². The molecule has 0 bridgehead atoms. The SMILES string of the molecule is CCNC(=O)c1ccc(OCc2c(-c3ccncc3)noc2C)nn1. The predicted molar refractivity (Wildman–Crippen MR) is 88.8 cm³/mol. The number of hydrogen-bond donors (Lipinski definition) is 1. The minimum Gasteiger partial charge on any atom is -0.472 e. The van der Waals surface area contributed by atoms with Crippen LogP contribution in [0.2, 0.25) is 0 Å². The summed E-state index contributed by atoms with van der Waals surface area (Å²) >= 11 is 0. The van der Waals surface area contributed by atoms with Gasteiger partial charge in [-0.1, -0.05) is 5.16 Å². The highest BCUT2D eigenvalue weighted by atomic mass is 16.5. The molecule has 3 aromatic rings. The summed E-state index contributed by atoms with van der Waals surface area (Å²) in [6, 6.07) is 6.87. The summed E-state index contributed by atoms with van der Waals surface area (Å²) in [6.07, 6.45) is 3.38. The van der Waals surface area contributed by atoms with Crippen molar-refractivity contribution in [2.24, 2.45) is 0 Å². The summed E-state index contributed by atoms with van der Waals surface area (Å²) in [5.41, 5.74) is 2.66. The van der Waals surface area contributed by atoms with E-state index in [1.807, 2.05) is 26.0 Å². The average molecular weight is 339 g/mol. The molecule has 0 aromatic carbocycles. The van der Waals surface area contributed by atoms with Crippen molar-refractivity contribution in [3.8, 4) is 17.1 Å². The van der Waals surface area contributed by atoms with Crippen molar-refractivity contribution in [1.29, 1.82) is 0 Å². The molecule has 25 heavy (non-hydrogen) atoms. The molecule has 8 nitrogen and oxygen atoms in total. The van der Waals surface area contributed by atoms with E-state index < -0.39 is 0 Å². The van der Waals surface area contributed by atoms with Crippen molar-refractivity contribution < 1.29 is 14.1 Å². The van der Waals surface area contributed by atoms with Crippen LogP contribution in [0.5, 0.6) is 5.88 Å². The van der Waals surface area contributed by atoms with E-state index in [1.165, 1.54) is 0 Å². The molecule has 0 fully saturated rings. The smallest absolute Gasteiger partial charge is 0.271 e. The first-order valence-electron chi connectivity index (χ1n) is 7.79. The zero-order valence-electron chi connectivity index (χ0n) is 13.9. The minimum atomic E-state index is -0.267. The van der Waals surface area contributed by atoms with Gasteiger partial charge in [0.25, 0.3) is 5.91 Å². The Hall–Kier alpha value is -3.29. The number of amides is 1. The fourth-order valence-electron chi connectivity index (χ4n) is 2.21. The third-order valence-electron chi connectivity index (χ3n) is 3.51. The lowest BCUT2D eigenvalue weighted by molar-refractivity contribution is 0.0949. The van der Waals surface area contributed by atoms with Gasteiger partial charge >= 0.3 is 0 Å². The van der Waals surface area contributed by atoms with Crippen LogP contribution in [-0.2, 0) is 6.61 Å². The highest BCUT2D eigenvalue weighted by Gasteiger charge is 2.16. The van der Waals surface area contributed by atoms with Gasteiger partial charge in [0.2, 0.25) is 5.88 Å². The molecular weight excluding hydrogens is 322 g/mol. The van der Waals surface area contributed by atoms with Crippen LogP contribution < -0.4 is 10.1 Å². The molecule has 1 amide bonds. The Bertz CT molecular complexity index is 846. The van der Waals surface area contributed by atoms with Gasteiger partial charge in [0, 0.05) is 30.6 Å². The fourth-order valence-corrected chi connectivity index (χ4v) is 2.21. The Kier molecular flexibility index (Phi) is 4.98. The molecule has 0 aliphatic heterocycles. The zero-order chi connectivity index (χ0) is 17.6. The first kappa shape index (κ1) is 16.6. The Morgan fingerprint density at radius 1 is 1.20 bits per heavy atom. The lowest BCUT2D eigenvalue weighted by Crippen LogP contribution is -2.23. The predicted octanol–water partition coefficient (Wildman–Crippen LogP) is 2.16. The van der Waals surface area contributed by atoms with Gasteiger partial charge in [0.15, 0.2) is 5.69 Å². The molecule has 0 atom stereocenters. The highest BCUT2D eigenvalue weighted by Crippen LogP contribution is 2.25. The molecule has 0 aliphatic carbocycles. The Labute approximate surface area is 144 Å². The van der Waals surface area contributed by atoms with E-state index in [0.29, 0.717) is 23.9 Å². The molecule has 0 saturated heterocycles. The van der Waals surface area contributed by atoms with Crippen molar-refractivity contribution in [2.75, 3.05) is 6.54 Å². The lowest BCUT2D eigenvalue weighted by Gasteiger charge is -2.06. The second-order valence-corrected chi connectivity index (χ2v) is 5.21. The standard InChI is InChI=1S/C17H17N5O3/c1-3-19-17(23)14-4-5-15(21-20-14)24-10-13-11(2)25-22-16(13)12-6-8-18-9-7-12/h4-9H,3,10H2,1-2H3,(H,19,23). The highest BCUT2D eigenvalue weighted by molar-refractivity contribution is 5.91. The molecule has 1 N–H and O–H groups in total. The van der Waals surface area contributed by atoms with Gasteiger partial charge in [-0.25, -0.2) is 0 Å². The third-order valence-corrected chi connectivity index (χ3v) is 3.51. The maximum atomic E-state index is 11.7. The van der Waals surface area contributed by atoms with Crippen molar-refractivity contribution in [3.05, 3.63) is 53.7 Å². The maximum absolute atomic E-state index is 11.7. The van der Waals surface area contributed by atoms with Gasteiger partial charge in [-0.05, 0) is 32.0 Å². The number of aromatic nitrogens is 4. The van der Waals surface area contributed by atoms with Crippen LogP contribution in [-0.4, -0.2) is 32.8 Å². The van der Waals surface area contributed by atoms with Crippen LogP contribution in [0.4, 0.5) is 0 Å². The molecule has 0 aliphatic rings. The van der Waals surface area contributed by atoms with E-state index in [1.54, 1.807) is 24.5 Å². The van der Waals surface area contributed by atoms with E-state index in [4.69, 9.17) is 9.26 Å². The summed E-state index contributed by atoms with van der Waals surface area (Å²) in [5, 5.41) is 14.5. The number of hydrogen-bond acceptors (Lipinski definition) is 7. The number of nitrogens with one attached hydrogen (secondary N) is 1. The summed E-state index contributed by atoms with van der Waals surface area (Å²) in [4.78, 5) is 15.7. The number of pyridine rings is 1. The number of ether oxygens (including phenoxy) is 1. The van der Waals surface area contributed by atoms with Gasteiger partial charge < -0.3 is 14.6 Å². The summed E-state index contributed by atoms with van der Waals surface area (Å²) in [6.45, 7) is 4.41. The van der Waals surface area contributed by atoms with Gasteiger partial charge in [-0.2, -0.15) is 0 Å². The van der Waals surface area contributed by atoms with Gasteiger partial charge in [-0.3, -0.25) is 9.78 Å². The van der Waals surface area contributed by atoms with E-state index in [2.05, 4.69) is 25.7 Å². The van der Waals surface area contributed by atoms with Crippen LogP contribution >= 0.6 is 0 Å². The Balaban J connectivity index is 1.72. The second kappa shape index (κ2) is 7.52. The topological polar surface area (TPSA) is 103 Å². The average Bonchev–Trinajstić information content (AvgIpc) is 3.02. The molecule has 8 heteroatoms. The number of rotatable bonds is 6. The first-order chi connectivity index (χ1) is 12.2. The third kappa shape index (κ3) is 3.79.